The number of anilines is 2. The number of carbonyl (C=O) groups is 1. The van der Waals surface area contributed by atoms with Crippen LogP contribution in [0.3, 0.4) is 0 Å². The molecule has 0 bridgehead atoms. The van der Waals surface area contributed by atoms with Crippen LogP contribution in [0.5, 0.6) is 0 Å². The molecule has 3 rings (SSSR count). The first-order valence-corrected chi connectivity index (χ1v) is 8.34. The molecule has 24 heavy (non-hydrogen) atoms. The van der Waals surface area contributed by atoms with Gasteiger partial charge in [-0.05, 0) is 18.1 Å². The summed E-state index contributed by atoms with van der Waals surface area (Å²) >= 11 is 0. The van der Waals surface area contributed by atoms with Crippen molar-refractivity contribution in [3.63, 3.8) is 0 Å². The van der Waals surface area contributed by atoms with Crippen LogP contribution >= 0.6 is 0 Å². The lowest BCUT2D eigenvalue weighted by atomic mass is 10.1. The number of carbonyl (C=O) groups excluding carboxylic acids is 1. The van der Waals surface area contributed by atoms with Crippen LogP contribution in [0.2, 0.25) is 0 Å². The van der Waals surface area contributed by atoms with Crippen molar-refractivity contribution in [3.05, 3.63) is 48.2 Å². The van der Waals surface area contributed by atoms with Crippen molar-refractivity contribution >= 4 is 17.7 Å². The summed E-state index contributed by atoms with van der Waals surface area (Å²) in [5, 5.41) is 3.29. The van der Waals surface area contributed by atoms with Crippen LogP contribution in [0.15, 0.2) is 42.6 Å². The van der Waals surface area contributed by atoms with E-state index in [-0.39, 0.29) is 5.91 Å². The molecule has 2 aromatic rings. The molecule has 1 fully saturated rings. The number of hydrogen-bond acceptors (Lipinski definition) is 5. The van der Waals surface area contributed by atoms with Gasteiger partial charge < -0.3 is 15.1 Å². The number of nitrogens with one attached hydrogen (secondary N) is 1. The summed E-state index contributed by atoms with van der Waals surface area (Å²) in [4.78, 5) is 24.4. The number of hydrogen-bond donors (Lipinski definition) is 1. The number of piperazine rings is 1. The summed E-state index contributed by atoms with van der Waals surface area (Å²) in [6, 6.07) is 12.3. The quantitative estimate of drug-likeness (QED) is 0.908. The molecule has 1 saturated heterocycles. The summed E-state index contributed by atoms with van der Waals surface area (Å²) in [5.41, 5.74) is 1.29. The average molecular weight is 325 g/mol. The number of amides is 1. The molecule has 0 atom stereocenters. The standard InChI is InChI=1S/C18H23N5O/c1-15(24)22-11-13-23(14-12-22)17-8-10-20-18(21-17)19-9-7-16-5-3-2-4-6-16/h2-6,8,10H,7,9,11-14H2,1H3,(H,19,20,21). The highest BCUT2D eigenvalue weighted by molar-refractivity contribution is 5.73. The average Bonchev–Trinajstić information content (AvgIpc) is 2.63. The summed E-state index contributed by atoms with van der Waals surface area (Å²) < 4.78 is 0. The lowest BCUT2D eigenvalue weighted by Gasteiger charge is -2.34. The van der Waals surface area contributed by atoms with Crippen LogP contribution in [-0.4, -0.2) is 53.5 Å². The van der Waals surface area contributed by atoms with Crippen molar-refractivity contribution in [2.45, 2.75) is 13.3 Å². The zero-order valence-electron chi connectivity index (χ0n) is 14.0. The first-order chi connectivity index (χ1) is 11.7. The lowest BCUT2D eigenvalue weighted by Crippen LogP contribution is -2.48. The molecule has 6 heteroatoms. The maximum absolute atomic E-state index is 11.4. The number of nitrogens with zero attached hydrogens (tertiary/aromatic N) is 4. The first kappa shape index (κ1) is 16.2. The Morgan fingerprint density at radius 1 is 1.12 bits per heavy atom. The number of benzene rings is 1. The molecule has 6 nitrogen and oxygen atoms in total. The summed E-state index contributed by atoms with van der Waals surface area (Å²) in [6.07, 6.45) is 2.72. The minimum absolute atomic E-state index is 0.139. The van der Waals surface area contributed by atoms with Crippen molar-refractivity contribution in [1.29, 1.82) is 0 Å². The maximum atomic E-state index is 11.4. The Kier molecular flexibility index (Phi) is 5.25. The zero-order valence-corrected chi connectivity index (χ0v) is 14.0. The monoisotopic (exact) mass is 325 g/mol. The van der Waals surface area contributed by atoms with Gasteiger partial charge in [-0.2, -0.15) is 4.98 Å². The van der Waals surface area contributed by atoms with Gasteiger partial charge in [-0.3, -0.25) is 4.79 Å². The van der Waals surface area contributed by atoms with Crippen molar-refractivity contribution in [3.8, 4) is 0 Å². The van der Waals surface area contributed by atoms with Crippen molar-refractivity contribution < 1.29 is 4.79 Å². The summed E-state index contributed by atoms with van der Waals surface area (Å²) in [6.45, 7) is 5.52. The summed E-state index contributed by atoms with van der Waals surface area (Å²) in [5.74, 6) is 1.70. The molecule has 0 spiro atoms. The third kappa shape index (κ3) is 4.22. The third-order valence-electron chi connectivity index (χ3n) is 4.23. The summed E-state index contributed by atoms with van der Waals surface area (Å²) in [7, 11) is 0. The number of rotatable bonds is 5. The van der Waals surface area contributed by atoms with Gasteiger partial charge in [-0.15, -0.1) is 0 Å². The minimum atomic E-state index is 0.139. The van der Waals surface area contributed by atoms with E-state index in [1.807, 2.05) is 29.2 Å². The van der Waals surface area contributed by atoms with Gasteiger partial charge in [-0.1, -0.05) is 30.3 Å². The molecule has 126 valence electrons. The van der Waals surface area contributed by atoms with E-state index in [0.29, 0.717) is 5.95 Å². The second-order valence-corrected chi connectivity index (χ2v) is 5.89. The maximum Gasteiger partial charge on any atom is 0.224 e. The second kappa shape index (κ2) is 7.77. The Labute approximate surface area is 142 Å². The highest BCUT2D eigenvalue weighted by Crippen LogP contribution is 2.15. The van der Waals surface area contributed by atoms with Crippen LogP contribution < -0.4 is 10.2 Å². The predicted octanol–water partition coefficient (Wildman–Crippen LogP) is 1.80. The van der Waals surface area contributed by atoms with E-state index in [0.717, 1.165) is 45.0 Å². The van der Waals surface area contributed by atoms with Gasteiger partial charge in [0, 0.05) is 45.8 Å². The lowest BCUT2D eigenvalue weighted by molar-refractivity contribution is -0.129. The predicted molar refractivity (Wildman–Crippen MR) is 95.1 cm³/mol. The molecule has 1 aromatic heterocycles. The Hall–Kier alpha value is -2.63. The van der Waals surface area contributed by atoms with E-state index >= 15 is 0 Å². The van der Waals surface area contributed by atoms with E-state index < -0.39 is 0 Å². The van der Waals surface area contributed by atoms with E-state index in [2.05, 4.69) is 32.3 Å². The molecule has 0 aliphatic carbocycles. The van der Waals surface area contributed by atoms with E-state index in [4.69, 9.17) is 0 Å². The van der Waals surface area contributed by atoms with Crippen molar-refractivity contribution in [1.82, 2.24) is 14.9 Å². The highest BCUT2D eigenvalue weighted by atomic mass is 16.2. The molecule has 2 heterocycles. The molecule has 1 amide bonds. The highest BCUT2D eigenvalue weighted by Gasteiger charge is 2.19. The molecule has 0 saturated carbocycles. The van der Waals surface area contributed by atoms with Crippen LogP contribution in [0.4, 0.5) is 11.8 Å². The largest absolute Gasteiger partial charge is 0.354 e. The molecule has 1 aliphatic rings. The molecule has 1 aromatic carbocycles. The third-order valence-corrected chi connectivity index (χ3v) is 4.23. The fraction of sp³-hybridized carbons (Fsp3) is 0.389. The number of aromatic nitrogens is 2. The first-order valence-electron chi connectivity index (χ1n) is 8.34. The van der Waals surface area contributed by atoms with Crippen molar-refractivity contribution in [2.24, 2.45) is 0 Å². The van der Waals surface area contributed by atoms with Gasteiger partial charge in [0.2, 0.25) is 11.9 Å². The van der Waals surface area contributed by atoms with Gasteiger partial charge in [0.05, 0.1) is 0 Å². The van der Waals surface area contributed by atoms with Crippen LogP contribution in [-0.2, 0) is 11.2 Å². The van der Waals surface area contributed by atoms with Crippen LogP contribution in [0.1, 0.15) is 12.5 Å². The molecule has 1 N–H and O–H groups in total. The Morgan fingerprint density at radius 2 is 1.88 bits per heavy atom. The Bertz CT molecular complexity index is 668. The van der Waals surface area contributed by atoms with Gasteiger partial charge >= 0.3 is 0 Å². The molecule has 0 unspecified atom stereocenters. The molecular weight excluding hydrogens is 302 g/mol. The van der Waals surface area contributed by atoms with Gasteiger partial charge in [0.1, 0.15) is 5.82 Å². The van der Waals surface area contributed by atoms with Gasteiger partial charge in [-0.25, -0.2) is 4.98 Å². The van der Waals surface area contributed by atoms with E-state index in [9.17, 15) is 4.79 Å². The molecule has 0 radical (unpaired) electrons. The Morgan fingerprint density at radius 3 is 2.58 bits per heavy atom. The van der Waals surface area contributed by atoms with Gasteiger partial charge in [0.15, 0.2) is 0 Å². The SMILES string of the molecule is CC(=O)N1CCN(c2ccnc(NCCc3ccccc3)n2)CC1. The fourth-order valence-electron chi connectivity index (χ4n) is 2.82. The second-order valence-electron chi connectivity index (χ2n) is 5.89. The van der Waals surface area contributed by atoms with E-state index in [1.54, 1.807) is 13.1 Å². The molecule has 1 aliphatic heterocycles. The normalized spacial score (nSPS) is 14.5. The van der Waals surface area contributed by atoms with E-state index in [1.165, 1.54) is 5.56 Å². The van der Waals surface area contributed by atoms with Gasteiger partial charge in [0.25, 0.3) is 0 Å². The fourth-order valence-corrected chi connectivity index (χ4v) is 2.82. The smallest absolute Gasteiger partial charge is 0.224 e. The Balaban J connectivity index is 1.53. The topological polar surface area (TPSA) is 61.4 Å². The van der Waals surface area contributed by atoms with Crippen LogP contribution in [0.25, 0.3) is 0 Å². The van der Waals surface area contributed by atoms with Crippen LogP contribution in [0, 0.1) is 0 Å². The van der Waals surface area contributed by atoms with Crippen molar-refractivity contribution in [2.75, 3.05) is 42.9 Å². The zero-order chi connectivity index (χ0) is 16.8. The minimum Gasteiger partial charge on any atom is -0.354 e. The molecular formula is C18H23N5O.